The van der Waals surface area contributed by atoms with Crippen molar-refractivity contribution in [2.75, 3.05) is 0 Å². The number of hydrogen-bond acceptors (Lipinski definition) is 0. The molecule has 0 bridgehead atoms. The first kappa shape index (κ1) is 123. The van der Waals surface area contributed by atoms with Crippen LogP contribution >= 0.6 is 686 Å². The highest BCUT2D eigenvalue weighted by Gasteiger charge is 2.66. The van der Waals surface area contributed by atoms with Crippen LogP contribution in [0.4, 0.5) is 0 Å². The lowest BCUT2D eigenvalue weighted by Crippen LogP contribution is -1.76. The van der Waals surface area contributed by atoms with Gasteiger partial charge in [-0.2, -0.15) is 0 Å². The predicted molar refractivity (Wildman–Crippen MR) is 718 cm³/mol. The molecular weight excluding hydrogens is 2660 g/mol. The van der Waals surface area contributed by atoms with Gasteiger partial charge in [-0.15, -0.1) is 393 Å². The largest absolute Gasteiger partial charge is 0.102 e. The highest BCUT2D eigenvalue weighted by molar-refractivity contribution is 9.59. The van der Waals surface area contributed by atoms with Crippen molar-refractivity contribution < 1.29 is 0 Å². The topological polar surface area (TPSA) is 0 Å². The van der Waals surface area contributed by atoms with E-state index in [0.717, 1.165) is 0 Å². The third kappa shape index (κ3) is 43.1. The number of rotatable bonds is 41. The van der Waals surface area contributed by atoms with E-state index in [0.29, 0.717) is 0 Å². The maximum absolute atomic E-state index is 3.80. The first-order valence-corrected chi connectivity index (χ1v) is 176. The molecule has 0 nitrogen and oxygen atoms in total. The molecule has 86 heavy (non-hydrogen) atoms. The van der Waals surface area contributed by atoms with Crippen molar-refractivity contribution in [3.8, 4) is 0 Å². The van der Waals surface area contributed by atoms with Crippen molar-refractivity contribution in [2.24, 2.45) is 0 Å². The second-order valence-electron chi connectivity index (χ2n) is 13.7. The Labute approximate surface area is 675 Å². The average molecular weight is 2750 g/mol. The molecule has 0 aliphatic heterocycles. The van der Waals surface area contributed by atoms with Crippen molar-refractivity contribution in [3.05, 3.63) is 0 Å². The molecule has 0 saturated heterocycles. The van der Waals surface area contributed by atoms with E-state index in [1.54, 1.807) is 0 Å². The van der Waals surface area contributed by atoms with Crippen LogP contribution in [-0.2, 0) is 0 Å². The van der Waals surface area contributed by atoms with Crippen LogP contribution in [0.2, 0.25) is 0 Å². The van der Waals surface area contributed by atoms with Gasteiger partial charge in [-0.05, 0) is 293 Å². The Balaban J connectivity index is 13.3. The molecule has 0 aromatic rings. The normalized spacial score (nSPS) is 15.0. The summed E-state index contributed by atoms with van der Waals surface area (Å²) in [5.41, 5.74) is 0. The fraction of sp³-hybridized carbons (Fsp3) is 0. The molecule has 0 heterocycles. The zero-order valence-electron chi connectivity index (χ0n) is 44.2. The quantitative estimate of drug-likeness (QED) is 0.0535. The lowest BCUT2D eigenvalue weighted by atomic mass is 28.4. The average Bonchev–Trinajstić information content (AvgIpc) is 3.27. The predicted octanol–water partition coefficient (Wildman–Crippen LogP) is 50.5. The monoisotopic (exact) mass is 2750 g/mol. The van der Waals surface area contributed by atoms with E-state index >= 15 is 0 Å². The van der Waals surface area contributed by atoms with Gasteiger partial charge in [0.1, 0.15) is 0 Å². The second kappa shape index (κ2) is 67.2. The first-order valence-electron chi connectivity index (χ1n) is 19.6. The van der Waals surface area contributed by atoms with Crippen LogP contribution in [0.1, 0.15) is 0 Å². The van der Waals surface area contributed by atoms with Crippen molar-refractivity contribution in [1.29, 1.82) is 0 Å². The molecule has 0 N–H and O–H groups in total. The maximum atomic E-state index is 3.80. The summed E-state index contributed by atoms with van der Waals surface area (Å²) in [4.78, 5) is 0. The van der Waals surface area contributed by atoms with Gasteiger partial charge in [-0.3, -0.25) is 0 Å². The molecule has 0 aromatic carbocycles. The summed E-state index contributed by atoms with van der Waals surface area (Å²) < 4.78 is 0. The SMILES string of the molecule is PP(P)P(P(P)P)P(P(P(P)P)P(P)P)P(P(P(P)P)P(P)P)P(P(P(P(P(P)P)P(P)P)P(P(P)P)P(P)P)P(P(P(P)P)P(P)P)P(P(P)P)P(P)P)P(P(P(P(P)P)P(P)P)P(P(P)P)P(P)P)P(P(P(P)P)P(P)P)P(P(P)P)P(P)P. The summed E-state index contributed by atoms with van der Waals surface area (Å²) in [5, 5.41) is 0. The number of hydrogen-bond donors (Lipinski definition) is 0. The van der Waals surface area contributed by atoms with E-state index in [1.165, 1.54) is 0 Å². The summed E-state index contributed by atoms with van der Waals surface area (Å²) in [6.07, 6.45) is 0. The van der Waals surface area contributed by atoms with Crippen LogP contribution in [0.15, 0.2) is 0 Å². The van der Waals surface area contributed by atoms with Gasteiger partial charge in [0.15, 0.2) is 0 Å². The molecule has 86 heteroatoms. The van der Waals surface area contributed by atoms with E-state index in [-0.39, 0.29) is 217 Å². The Morgan fingerprint density at radius 2 is 0.0930 bits per heavy atom. The molecule has 0 radical (unpaired) electrons. The standard InChI is InChI=1S/H88P86/c1-45(2)67(46(3)4)78(68(47(5)6)48(7)8)83(77(65(41)42)66(43)44)86(84(79(69(49(9)10)50(11)12)70(51(13)14)52(15)16)80(71(53(17)18)54(19)20)72(55(21)22)56(23)24)85(81(73(57(25)26)58(27)28)74(59(29)30)60(31)32)82(75(61(33)34)62(35)36)76(63(37)38)64(39)40/h1-44H2. The van der Waals surface area contributed by atoms with Crippen LogP contribution in [0.3, 0.4) is 0 Å². The minimum Gasteiger partial charge on any atom is -0.102 e. The molecule has 45 atom stereocenters. The summed E-state index contributed by atoms with van der Waals surface area (Å²) >= 11 is 0. The van der Waals surface area contributed by atoms with Gasteiger partial charge in [0.2, 0.25) is 0 Å². The third-order valence-corrected chi connectivity index (χ3v) is 614. The van der Waals surface area contributed by atoms with Gasteiger partial charge in [0.25, 0.3) is 0 Å². The molecule has 0 amide bonds. The second-order valence-corrected chi connectivity index (χ2v) is 371. The van der Waals surface area contributed by atoms with Gasteiger partial charge in [0, 0.05) is 0 Å². The van der Waals surface area contributed by atoms with Gasteiger partial charge in [-0.1, -0.05) is 0 Å². The fourth-order valence-electron chi connectivity index (χ4n) is 5.28. The lowest BCUT2D eigenvalue weighted by molar-refractivity contribution is 4.30. The maximum Gasteiger partial charge on any atom is -0.00000286 e. The minimum atomic E-state index is -0.527. The van der Waals surface area contributed by atoms with E-state index in [2.05, 4.69) is 393 Å². The smallest absolute Gasteiger partial charge is 0.00000286 e. The minimum absolute atomic E-state index is 0.324. The molecule has 0 aliphatic carbocycles. The Hall–Kier alpha value is 37.0. The van der Waals surface area contributed by atoms with Gasteiger partial charge >= 0.3 is 0 Å². The third-order valence-electron chi connectivity index (χ3n) is 7.58. The van der Waals surface area contributed by atoms with Crippen LogP contribution in [0.5, 0.6) is 0 Å². The lowest BCUT2D eigenvalue weighted by Gasteiger charge is -2.63. The Morgan fingerprint density at radius 3 is 0.140 bits per heavy atom. The first-order chi connectivity index (χ1) is 39.1. The van der Waals surface area contributed by atoms with Gasteiger partial charge in [-0.25, -0.2) is 0 Å². The van der Waals surface area contributed by atoms with Crippen molar-refractivity contribution in [2.45, 2.75) is 0 Å². The van der Waals surface area contributed by atoms with E-state index in [4.69, 9.17) is 0 Å². The van der Waals surface area contributed by atoms with Gasteiger partial charge < -0.3 is 0 Å². The van der Waals surface area contributed by atoms with E-state index in [1.807, 2.05) is 0 Å². The Morgan fingerprint density at radius 1 is 0.0581 bits per heavy atom. The fourth-order valence-corrected chi connectivity index (χ4v) is 1280. The highest BCUT2D eigenvalue weighted by atomic mass is 33.6. The molecule has 0 aromatic heterocycles. The molecule has 0 saturated carbocycles. The summed E-state index contributed by atoms with van der Waals surface area (Å²) in [6.45, 7) is -16.1. The van der Waals surface area contributed by atoms with Crippen LogP contribution in [0, 0.1) is 0 Å². The summed E-state index contributed by atoms with van der Waals surface area (Å²) in [5.74, 6) is 0. The van der Waals surface area contributed by atoms with Crippen molar-refractivity contribution in [3.63, 3.8) is 0 Å². The Bertz CT molecular complexity index is 1350. The van der Waals surface area contributed by atoms with Crippen LogP contribution < -0.4 is 0 Å². The Kier molecular flexibility index (Phi) is 96.1. The molecular formula is H88P86. The van der Waals surface area contributed by atoms with E-state index in [9.17, 15) is 0 Å². The van der Waals surface area contributed by atoms with Crippen molar-refractivity contribution >= 4 is 686 Å². The zero-order chi connectivity index (χ0) is 68.2. The highest BCUT2D eigenvalue weighted by Crippen LogP contribution is 3.53. The molecule has 0 fully saturated rings. The molecule has 45 unspecified atom stereocenters. The molecule has 0 aliphatic rings. The van der Waals surface area contributed by atoms with Crippen LogP contribution in [0.25, 0.3) is 0 Å². The van der Waals surface area contributed by atoms with Crippen molar-refractivity contribution in [1.82, 2.24) is 0 Å². The zero-order valence-corrected chi connectivity index (χ0v) is 133. The molecule has 518 valence electrons. The van der Waals surface area contributed by atoms with E-state index < -0.39 is 76.9 Å². The van der Waals surface area contributed by atoms with Crippen LogP contribution in [-0.4, -0.2) is 0 Å². The molecule has 0 spiro atoms. The summed E-state index contributed by atoms with van der Waals surface area (Å²) in [6, 6.07) is 0. The summed E-state index contributed by atoms with van der Waals surface area (Å²) in [7, 11) is 164. The molecule has 0 rings (SSSR count). The van der Waals surface area contributed by atoms with Gasteiger partial charge in [0.05, 0.1) is 0 Å².